The number of hydrogen-bond acceptors (Lipinski definition) is 8. The number of ether oxygens (including phenoxy) is 2. The zero-order valence-corrected chi connectivity index (χ0v) is 21.1. The summed E-state index contributed by atoms with van der Waals surface area (Å²) in [6.07, 6.45) is 0.670. The lowest BCUT2D eigenvalue weighted by Gasteiger charge is -2.23. The van der Waals surface area contributed by atoms with Crippen molar-refractivity contribution in [2.45, 2.75) is 32.4 Å². The summed E-state index contributed by atoms with van der Waals surface area (Å²) in [4.78, 5) is 44.7. The van der Waals surface area contributed by atoms with Crippen LogP contribution in [0.4, 0.5) is 5.13 Å². The van der Waals surface area contributed by atoms with E-state index in [0.29, 0.717) is 28.3 Å². The SMILES string of the molecule is COC(=O)c1sc(N2C(=O)C(=O)C(=C(O)c3ccc4c(c3)C[C@H](C)O4)[C@@H]2c2cccc(Cl)c2)nc1C. The topological polar surface area (TPSA) is 106 Å². The Morgan fingerprint density at radius 2 is 2.03 bits per heavy atom. The number of nitrogens with zero attached hydrogens (tertiary/aromatic N) is 2. The molecule has 2 aromatic carbocycles. The molecule has 2 atom stereocenters. The molecule has 184 valence electrons. The van der Waals surface area contributed by atoms with Crippen molar-refractivity contribution in [2.75, 3.05) is 12.0 Å². The van der Waals surface area contributed by atoms with Gasteiger partial charge in [0, 0.05) is 17.0 Å². The van der Waals surface area contributed by atoms with Crippen molar-refractivity contribution in [1.29, 1.82) is 0 Å². The first-order valence-electron chi connectivity index (χ1n) is 11.1. The van der Waals surface area contributed by atoms with Crippen LogP contribution in [0, 0.1) is 6.92 Å². The fourth-order valence-electron chi connectivity index (χ4n) is 4.51. The molecule has 5 rings (SSSR count). The third kappa shape index (κ3) is 3.94. The van der Waals surface area contributed by atoms with Crippen LogP contribution in [0.1, 0.15) is 45.0 Å². The van der Waals surface area contributed by atoms with E-state index in [0.717, 1.165) is 22.6 Å². The Balaban J connectivity index is 1.69. The number of hydrogen-bond donors (Lipinski definition) is 1. The van der Waals surface area contributed by atoms with Gasteiger partial charge in [0.2, 0.25) is 0 Å². The largest absolute Gasteiger partial charge is 0.507 e. The second kappa shape index (κ2) is 9.07. The van der Waals surface area contributed by atoms with Crippen molar-refractivity contribution in [1.82, 2.24) is 4.98 Å². The average molecular weight is 525 g/mol. The summed E-state index contributed by atoms with van der Waals surface area (Å²) < 4.78 is 10.6. The quantitative estimate of drug-likeness (QED) is 0.225. The smallest absolute Gasteiger partial charge is 0.350 e. The number of methoxy groups -OCH3 is 1. The predicted molar refractivity (Wildman–Crippen MR) is 135 cm³/mol. The summed E-state index contributed by atoms with van der Waals surface area (Å²) in [5, 5.41) is 11.9. The molecule has 0 saturated carbocycles. The molecule has 2 aliphatic heterocycles. The molecule has 8 nitrogen and oxygen atoms in total. The van der Waals surface area contributed by atoms with Crippen molar-refractivity contribution in [3.63, 3.8) is 0 Å². The highest BCUT2D eigenvalue weighted by molar-refractivity contribution is 7.17. The van der Waals surface area contributed by atoms with Gasteiger partial charge >= 0.3 is 11.9 Å². The number of carbonyl (C=O) groups is 3. The van der Waals surface area contributed by atoms with Gasteiger partial charge in [-0.25, -0.2) is 9.78 Å². The predicted octanol–water partition coefficient (Wildman–Crippen LogP) is 4.84. The van der Waals surface area contributed by atoms with Crippen molar-refractivity contribution < 1.29 is 29.0 Å². The number of anilines is 1. The minimum absolute atomic E-state index is 0.00610. The lowest BCUT2D eigenvalue weighted by Crippen LogP contribution is -2.29. The van der Waals surface area contributed by atoms with Gasteiger partial charge in [-0.3, -0.25) is 14.5 Å². The fourth-order valence-corrected chi connectivity index (χ4v) is 5.72. The van der Waals surface area contributed by atoms with Gasteiger partial charge in [0.05, 0.1) is 24.4 Å². The highest BCUT2D eigenvalue weighted by Gasteiger charge is 2.48. The maximum absolute atomic E-state index is 13.4. The van der Waals surface area contributed by atoms with E-state index in [4.69, 9.17) is 21.1 Å². The van der Waals surface area contributed by atoms with E-state index in [2.05, 4.69) is 4.98 Å². The number of carbonyl (C=O) groups excluding carboxylic acids is 3. The molecule has 0 radical (unpaired) electrons. The van der Waals surface area contributed by atoms with Crippen LogP contribution in [0.2, 0.25) is 5.02 Å². The van der Waals surface area contributed by atoms with Gasteiger partial charge in [-0.05, 0) is 55.3 Å². The molecular formula is C26H21ClN2O6S. The summed E-state index contributed by atoms with van der Waals surface area (Å²) in [7, 11) is 1.25. The number of Topliss-reactive ketones (excluding diaryl/α,β-unsaturated/α-hetero) is 1. The summed E-state index contributed by atoms with van der Waals surface area (Å²) in [5.74, 6) is -1.93. The number of amides is 1. The molecule has 2 aliphatic rings. The second-order valence-electron chi connectivity index (χ2n) is 8.58. The number of aliphatic hydroxyl groups is 1. The van der Waals surface area contributed by atoms with Crippen molar-refractivity contribution in [2.24, 2.45) is 0 Å². The molecule has 3 heterocycles. The zero-order chi connectivity index (χ0) is 25.7. The van der Waals surface area contributed by atoms with E-state index in [-0.39, 0.29) is 27.4 Å². The van der Waals surface area contributed by atoms with Crippen LogP contribution < -0.4 is 9.64 Å². The third-order valence-electron chi connectivity index (χ3n) is 6.14. The molecule has 1 amide bonds. The molecule has 1 fully saturated rings. The molecule has 0 spiro atoms. The average Bonchev–Trinajstić information content (AvgIpc) is 3.50. The van der Waals surface area contributed by atoms with Crippen LogP contribution in [0.3, 0.4) is 0 Å². The van der Waals surface area contributed by atoms with Crippen molar-refractivity contribution in [3.05, 3.63) is 80.3 Å². The molecule has 0 bridgehead atoms. The lowest BCUT2D eigenvalue weighted by atomic mass is 9.94. The van der Waals surface area contributed by atoms with Gasteiger partial charge in [-0.15, -0.1) is 0 Å². The molecule has 3 aromatic rings. The number of esters is 1. The van der Waals surface area contributed by atoms with Gasteiger partial charge < -0.3 is 14.6 Å². The number of rotatable bonds is 4. The number of fused-ring (bicyclic) bond motifs is 1. The summed E-state index contributed by atoms with van der Waals surface area (Å²) in [6, 6.07) is 10.8. The molecule has 1 N–H and O–H groups in total. The number of ketones is 1. The second-order valence-corrected chi connectivity index (χ2v) is 10.00. The Bertz CT molecular complexity index is 1460. The van der Waals surface area contributed by atoms with Crippen LogP contribution >= 0.6 is 22.9 Å². The van der Waals surface area contributed by atoms with E-state index in [1.807, 2.05) is 6.92 Å². The Hall–Kier alpha value is -3.69. The normalized spacial score (nSPS) is 20.4. The fraction of sp³-hybridized carbons (Fsp3) is 0.231. The van der Waals surface area contributed by atoms with Crippen LogP contribution in [0.5, 0.6) is 5.75 Å². The Kier molecular flexibility index (Phi) is 6.05. The number of halogens is 1. The van der Waals surface area contributed by atoms with E-state index in [1.54, 1.807) is 49.4 Å². The van der Waals surface area contributed by atoms with Crippen LogP contribution in [0.25, 0.3) is 5.76 Å². The minimum Gasteiger partial charge on any atom is -0.507 e. The first-order chi connectivity index (χ1) is 17.2. The third-order valence-corrected chi connectivity index (χ3v) is 7.51. The number of thiazole rings is 1. The molecule has 0 aliphatic carbocycles. The van der Waals surface area contributed by atoms with E-state index in [9.17, 15) is 19.5 Å². The lowest BCUT2D eigenvalue weighted by molar-refractivity contribution is -0.132. The molecule has 1 aromatic heterocycles. The summed E-state index contributed by atoms with van der Waals surface area (Å²) in [6.45, 7) is 3.56. The van der Waals surface area contributed by atoms with E-state index in [1.165, 1.54) is 12.0 Å². The standard InChI is InChI=1S/C26H21ClN2O6S/c1-12-9-16-10-15(7-8-18(16)35-12)21(30)19-20(14-5-4-6-17(27)11-14)29(24(32)22(19)31)26-28-13(2)23(36-26)25(33)34-3/h4-8,10-12,20,30H,9H2,1-3H3/t12-,20-/m0/s1. The van der Waals surface area contributed by atoms with Gasteiger partial charge in [0.25, 0.3) is 5.78 Å². The minimum atomic E-state index is -1.01. The Morgan fingerprint density at radius 3 is 2.75 bits per heavy atom. The van der Waals surface area contributed by atoms with Gasteiger partial charge in [0.15, 0.2) is 5.13 Å². The van der Waals surface area contributed by atoms with Gasteiger partial charge in [-0.2, -0.15) is 0 Å². The highest BCUT2D eigenvalue weighted by Crippen LogP contribution is 2.44. The number of aryl methyl sites for hydroxylation is 1. The van der Waals surface area contributed by atoms with Crippen LogP contribution in [0.15, 0.2) is 48.0 Å². The van der Waals surface area contributed by atoms with E-state index < -0.39 is 23.7 Å². The molecule has 1 saturated heterocycles. The molecule has 10 heteroatoms. The molecule has 0 unspecified atom stereocenters. The van der Waals surface area contributed by atoms with Crippen LogP contribution in [-0.4, -0.2) is 41.0 Å². The summed E-state index contributed by atoms with van der Waals surface area (Å²) >= 11 is 7.18. The Labute approximate surface area is 215 Å². The summed E-state index contributed by atoms with van der Waals surface area (Å²) in [5.41, 5.74) is 2.07. The van der Waals surface area contributed by atoms with Gasteiger partial charge in [0.1, 0.15) is 22.5 Å². The number of aliphatic hydroxyl groups excluding tert-OH is 1. The highest BCUT2D eigenvalue weighted by atomic mass is 35.5. The van der Waals surface area contributed by atoms with Crippen LogP contribution in [-0.2, 0) is 20.7 Å². The molecular weight excluding hydrogens is 504 g/mol. The van der Waals surface area contributed by atoms with Gasteiger partial charge in [-0.1, -0.05) is 35.1 Å². The van der Waals surface area contributed by atoms with Crippen molar-refractivity contribution in [3.8, 4) is 5.75 Å². The first-order valence-corrected chi connectivity index (χ1v) is 12.3. The van der Waals surface area contributed by atoms with E-state index >= 15 is 0 Å². The Morgan fingerprint density at radius 1 is 1.25 bits per heavy atom. The maximum Gasteiger partial charge on any atom is 0.350 e. The monoisotopic (exact) mass is 524 g/mol. The number of benzene rings is 2. The first kappa shape index (κ1) is 24.0. The van der Waals surface area contributed by atoms with Crippen molar-refractivity contribution >= 4 is 51.5 Å². The molecule has 36 heavy (non-hydrogen) atoms. The number of aromatic nitrogens is 1. The zero-order valence-electron chi connectivity index (χ0n) is 19.6. The maximum atomic E-state index is 13.4.